The van der Waals surface area contributed by atoms with Gasteiger partial charge in [-0.15, -0.1) is 0 Å². The van der Waals surface area contributed by atoms with E-state index in [1.165, 1.54) is 13.2 Å². The minimum absolute atomic E-state index is 0.0944. The topological polar surface area (TPSA) is 79.4 Å². The lowest BCUT2D eigenvalue weighted by atomic mass is 10.1. The van der Waals surface area contributed by atoms with Gasteiger partial charge < -0.3 is 23.7 Å². The molecule has 1 fully saturated rings. The van der Waals surface area contributed by atoms with E-state index in [4.69, 9.17) is 23.7 Å². The maximum atomic E-state index is 14.4. The zero-order valence-electron chi connectivity index (χ0n) is 18.8. The summed E-state index contributed by atoms with van der Waals surface area (Å²) >= 11 is 0. The first-order valence-corrected chi connectivity index (χ1v) is 11.2. The van der Waals surface area contributed by atoms with Crippen molar-refractivity contribution in [1.82, 2.24) is 4.98 Å². The predicted molar refractivity (Wildman–Crippen MR) is 122 cm³/mol. The van der Waals surface area contributed by atoms with Crippen LogP contribution in [0, 0.1) is 5.82 Å². The van der Waals surface area contributed by atoms with Gasteiger partial charge in [-0.2, -0.15) is 0 Å². The van der Waals surface area contributed by atoms with E-state index in [0.717, 1.165) is 5.39 Å². The van der Waals surface area contributed by atoms with Crippen molar-refractivity contribution in [2.75, 3.05) is 38.4 Å². The largest absolute Gasteiger partial charge is 0.486 e. The van der Waals surface area contributed by atoms with Crippen molar-refractivity contribution in [3.8, 4) is 17.4 Å². The zero-order chi connectivity index (χ0) is 23.5. The van der Waals surface area contributed by atoms with E-state index in [0.29, 0.717) is 73.4 Å². The Kier molecular flexibility index (Phi) is 6.35. The van der Waals surface area contributed by atoms with Gasteiger partial charge in [0.2, 0.25) is 5.88 Å². The Morgan fingerprint density at radius 2 is 1.94 bits per heavy atom. The minimum atomic E-state index is -0.388. The number of carbonyl (C=O) groups excluding carboxylic acids is 1. The van der Waals surface area contributed by atoms with Gasteiger partial charge in [-0.25, -0.2) is 14.2 Å². The van der Waals surface area contributed by atoms with Gasteiger partial charge >= 0.3 is 6.09 Å². The molecule has 0 aliphatic carbocycles. The van der Waals surface area contributed by atoms with Crippen LogP contribution in [0.15, 0.2) is 42.5 Å². The lowest BCUT2D eigenvalue weighted by Gasteiger charge is -2.21. The number of hydrogen-bond donors (Lipinski definition) is 0. The summed E-state index contributed by atoms with van der Waals surface area (Å²) < 4.78 is 42.0. The molecule has 0 radical (unpaired) electrons. The highest BCUT2D eigenvalue weighted by Gasteiger charge is 2.32. The van der Waals surface area contributed by atoms with E-state index in [-0.39, 0.29) is 24.6 Å². The van der Waals surface area contributed by atoms with Gasteiger partial charge in [0, 0.05) is 29.7 Å². The maximum absolute atomic E-state index is 14.4. The second-order valence-corrected chi connectivity index (χ2v) is 8.09. The number of pyridine rings is 1. The summed E-state index contributed by atoms with van der Waals surface area (Å²) in [4.78, 5) is 18.3. The molecule has 1 saturated heterocycles. The first-order chi connectivity index (χ1) is 16.6. The fourth-order valence-electron chi connectivity index (χ4n) is 4.13. The van der Waals surface area contributed by atoms with E-state index in [9.17, 15) is 9.18 Å². The molecule has 178 valence electrons. The number of hydrogen-bond acceptors (Lipinski definition) is 7. The zero-order valence-corrected chi connectivity index (χ0v) is 18.8. The van der Waals surface area contributed by atoms with Gasteiger partial charge in [-0.3, -0.25) is 4.90 Å². The molecule has 5 rings (SSSR count). The molecule has 0 N–H and O–H groups in total. The molecule has 1 aromatic heterocycles. The van der Waals surface area contributed by atoms with E-state index < -0.39 is 0 Å². The average Bonchev–Trinajstić information content (AvgIpc) is 3.24. The Morgan fingerprint density at radius 1 is 1.12 bits per heavy atom. The van der Waals surface area contributed by atoms with E-state index in [1.54, 1.807) is 29.2 Å². The smallest absolute Gasteiger partial charge is 0.414 e. The molecular formula is C25H25FN2O6. The van der Waals surface area contributed by atoms with Crippen molar-refractivity contribution in [2.45, 2.75) is 25.6 Å². The predicted octanol–water partition coefficient (Wildman–Crippen LogP) is 4.48. The first kappa shape index (κ1) is 22.2. The number of halogens is 1. The van der Waals surface area contributed by atoms with Crippen molar-refractivity contribution in [3.63, 3.8) is 0 Å². The van der Waals surface area contributed by atoms with Crippen molar-refractivity contribution < 1.29 is 32.9 Å². The number of benzene rings is 2. The summed E-state index contributed by atoms with van der Waals surface area (Å²) in [7, 11) is 1.52. The van der Waals surface area contributed by atoms with E-state index in [1.807, 2.05) is 12.1 Å². The molecular weight excluding hydrogens is 443 g/mol. The van der Waals surface area contributed by atoms with Gasteiger partial charge in [0.15, 0.2) is 11.5 Å². The van der Waals surface area contributed by atoms with Crippen LogP contribution in [0.25, 0.3) is 10.9 Å². The fourth-order valence-corrected chi connectivity index (χ4v) is 4.13. The molecule has 8 nitrogen and oxygen atoms in total. The first-order valence-electron chi connectivity index (χ1n) is 11.2. The molecule has 0 bridgehead atoms. The summed E-state index contributed by atoms with van der Waals surface area (Å²) in [6, 6.07) is 12.1. The third kappa shape index (κ3) is 4.56. The number of anilines is 1. The van der Waals surface area contributed by atoms with E-state index in [2.05, 4.69) is 4.98 Å². The third-order valence-corrected chi connectivity index (χ3v) is 5.87. The van der Waals surface area contributed by atoms with Gasteiger partial charge in [0.25, 0.3) is 0 Å². The van der Waals surface area contributed by atoms with E-state index >= 15 is 0 Å². The number of amides is 1. The number of carbonyl (C=O) groups is 1. The highest BCUT2D eigenvalue weighted by Crippen LogP contribution is 2.35. The van der Waals surface area contributed by atoms with Crippen LogP contribution in [0.3, 0.4) is 0 Å². The normalized spacial score (nSPS) is 17.2. The molecule has 34 heavy (non-hydrogen) atoms. The quantitative estimate of drug-likeness (QED) is 0.451. The molecule has 3 heterocycles. The lowest BCUT2D eigenvalue weighted by molar-refractivity contribution is 0.0964. The monoisotopic (exact) mass is 468 g/mol. The second-order valence-electron chi connectivity index (χ2n) is 8.09. The number of methoxy groups -OCH3 is 1. The average molecular weight is 468 g/mol. The number of ether oxygens (including phenoxy) is 5. The van der Waals surface area contributed by atoms with Gasteiger partial charge in [0.05, 0.1) is 31.5 Å². The summed E-state index contributed by atoms with van der Waals surface area (Å²) in [6.45, 7) is 1.94. The molecule has 2 aliphatic heterocycles. The molecule has 3 aromatic rings. The third-order valence-electron chi connectivity index (χ3n) is 5.87. The fraction of sp³-hybridized carbons (Fsp3) is 0.360. The van der Waals surface area contributed by atoms with Crippen molar-refractivity contribution in [2.24, 2.45) is 0 Å². The molecule has 9 heteroatoms. The molecule has 2 aliphatic rings. The van der Waals surface area contributed by atoms with Crippen LogP contribution in [0.2, 0.25) is 0 Å². The number of fused-ring (bicyclic) bond motifs is 2. The summed E-state index contributed by atoms with van der Waals surface area (Å²) in [6.07, 6.45) is 0.664. The van der Waals surface area contributed by atoms with Gasteiger partial charge in [-0.05, 0) is 43.2 Å². The highest BCUT2D eigenvalue weighted by molar-refractivity contribution is 5.90. The maximum Gasteiger partial charge on any atom is 0.414 e. The number of aromatic nitrogens is 1. The van der Waals surface area contributed by atoms with Crippen molar-refractivity contribution >= 4 is 22.7 Å². The van der Waals surface area contributed by atoms with Crippen LogP contribution in [0.4, 0.5) is 14.9 Å². The lowest BCUT2D eigenvalue weighted by Crippen LogP contribution is -2.25. The SMILES string of the molecule is COc1ccc2ccc(F)c(COCCC[C@@H]3CN(c4ccc5c(c4)OCCO5)C(=O)O3)c2n1. The molecule has 0 spiro atoms. The Balaban J connectivity index is 1.13. The van der Waals surface area contributed by atoms with Gasteiger partial charge in [0.1, 0.15) is 25.1 Å². The Labute approximate surface area is 196 Å². The highest BCUT2D eigenvalue weighted by atomic mass is 19.1. The van der Waals surface area contributed by atoms with Crippen LogP contribution in [-0.4, -0.2) is 50.7 Å². The number of nitrogens with zero attached hydrogens (tertiary/aromatic N) is 2. The standard InChI is InChI=1S/C25H25FN2O6/c1-30-23-9-5-16-4-7-20(26)19(24(16)27-23)15-31-10-2-3-18-14-28(25(29)34-18)17-6-8-21-22(13-17)33-12-11-32-21/h4-9,13,18H,2-3,10-12,14-15H2,1H3/t18-/m1/s1. The Morgan fingerprint density at radius 3 is 2.79 bits per heavy atom. The molecule has 0 unspecified atom stereocenters. The van der Waals surface area contributed by atoms with Crippen molar-refractivity contribution in [1.29, 1.82) is 0 Å². The summed E-state index contributed by atoms with van der Waals surface area (Å²) in [5, 5.41) is 0.817. The van der Waals surface area contributed by atoms with Crippen LogP contribution in [-0.2, 0) is 16.1 Å². The minimum Gasteiger partial charge on any atom is -0.486 e. The Hall–Kier alpha value is -3.59. The molecule has 1 amide bonds. The molecule has 0 saturated carbocycles. The van der Waals surface area contributed by atoms with Crippen LogP contribution in [0.1, 0.15) is 18.4 Å². The Bertz CT molecular complexity index is 1200. The molecule has 2 aromatic carbocycles. The van der Waals surface area contributed by atoms with Crippen LogP contribution < -0.4 is 19.1 Å². The number of cyclic esters (lactones) is 1. The van der Waals surface area contributed by atoms with Crippen molar-refractivity contribution in [3.05, 3.63) is 53.8 Å². The number of rotatable bonds is 8. The van der Waals surface area contributed by atoms with Crippen LogP contribution in [0.5, 0.6) is 17.4 Å². The summed E-state index contributed by atoms with van der Waals surface area (Å²) in [5.74, 6) is 1.35. The molecule has 1 atom stereocenters. The van der Waals surface area contributed by atoms with Gasteiger partial charge in [-0.1, -0.05) is 0 Å². The second kappa shape index (κ2) is 9.72. The summed E-state index contributed by atoms with van der Waals surface area (Å²) in [5.41, 5.74) is 1.63. The van der Waals surface area contributed by atoms with Crippen LogP contribution >= 0.6 is 0 Å².